The van der Waals surface area contributed by atoms with Gasteiger partial charge in [-0.05, 0) is 25.1 Å². The van der Waals surface area contributed by atoms with Crippen molar-refractivity contribution in [1.82, 2.24) is 14.8 Å². The topological polar surface area (TPSA) is 93.2 Å². The lowest BCUT2D eigenvalue weighted by Gasteiger charge is -2.07. The molecule has 0 aliphatic rings. The quantitative estimate of drug-likeness (QED) is 0.752. The number of hydrogen-bond acceptors (Lipinski definition) is 5. The van der Waals surface area contributed by atoms with Crippen molar-refractivity contribution < 1.29 is 14.3 Å². The number of amides is 1. The van der Waals surface area contributed by atoms with Crippen LogP contribution < -0.4 is 5.32 Å². The second-order valence-corrected chi connectivity index (χ2v) is 4.94. The van der Waals surface area contributed by atoms with Crippen LogP contribution in [0.3, 0.4) is 0 Å². The number of rotatable bonds is 5. The molecule has 0 unspecified atom stereocenters. The van der Waals surface area contributed by atoms with Gasteiger partial charge in [0.15, 0.2) is 0 Å². The van der Waals surface area contributed by atoms with E-state index in [1.807, 2.05) is 13.0 Å². The van der Waals surface area contributed by atoms with E-state index >= 15 is 0 Å². The minimum absolute atomic E-state index is 0.0797. The number of pyridine rings is 1. The van der Waals surface area contributed by atoms with E-state index in [9.17, 15) is 9.90 Å². The van der Waals surface area contributed by atoms with Gasteiger partial charge in [-0.2, -0.15) is 5.10 Å². The molecule has 118 valence electrons. The number of hydrogen-bond donors (Lipinski definition) is 2. The molecular weight excluding hydrogens is 296 g/mol. The van der Waals surface area contributed by atoms with Gasteiger partial charge in [-0.25, -0.2) is 4.68 Å². The summed E-state index contributed by atoms with van der Waals surface area (Å²) >= 11 is 0. The smallest absolute Gasteiger partial charge is 0.256 e. The van der Waals surface area contributed by atoms with Crippen molar-refractivity contribution in [2.24, 2.45) is 0 Å². The van der Waals surface area contributed by atoms with Crippen LogP contribution in [-0.2, 0) is 6.54 Å². The lowest BCUT2D eigenvalue weighted by Crippen LogP contribution is -2.16. The Bertz CT molecular complexity index is 808. The van der Waals surface area contributed by atoms with Crippen molar-refractivity contribution in [3.8, 4) is 11.3 Å². The fourth-order valence-electron chi connectivity index (χ4n) is 2.26. The molecule has 0 spiro atoms. The number of carbonyl (C=O) groups is 1. The van der Waals surface area contributed by atoms with Gasteiger partial charge in [0, 0.05) is 29.6 Å². The molecule has 1 amide bonds. The van der Waals surface area contributed by atoms with E-state index in [0.717, 1.165) is 11.3 Å². The number of aryl methyl sites for hydroxylation is 1. The number of nitrogens with one attached hydrogen (secondary N) is 1. The Morgan fingerprint density at radius 2 is 2.13 bits per heavy atom. The predicted octanol–water partition coefficient (Wildman–Crippen LogP) is 2.09. The molecule has 0 saturated heterocycles. The number of anilines is 1. The molecule has 0 bridgehead atoms. The summed E-state index contributed by atoms with van der Waals surface area (Å²) in [5.41, 5.74) is 2.02. The molecule has 0 aliphatic carbocycles. The van der Waals surface area contributed by atoms with Gasteiger partial charge in [-0.15, -0.1) is 0 Å². The number of aliphatic hydroxyl groups is 1. The number of furan rings is 1. The molecule has 0 atom stereocenters. The Labute approximate surface area is 132 Å². The van der Waals surface area contributed by atoms with Crippen LogP contribution in [0.25, 0.3) is 11.3 Å². The van der Waals surface area contributed by atoms with Gasteiger partial charge < -0.3 is 14.8 Å². The molecular formula is C16H16N4O3. The summed E-state index contributed by atoms with van der Waals surface area (Å²) in [6, 6.07) is 6.83. The molecule has 0 saturated carbocycles. The van der Waals surface area contributed by atoms with E-state index in [1.54, 1.807) is 41.5 Å². The molecule has 7 nitrogen and oxygen atoms in total. The van der Waals surface area contributed by atoms with Crippen LogP contribution in [0.5, 0.6) is 0 Å². The Morgan fingerprint density at radius 3 is 2.78 bits per heavy atom. The molecule has 2 N–H and O–H groups in total. The van der Waals surface area contributed by atoms with Crippen molar-refractivity contribution in [2.45, 2.75) is 13.5 Å². The highest BCUT2D eigenvalue weighted by Crippen LogP contribution is 2.26. The zero-order chi connectivity index (χ0) is 16.2. The summed E-state index contributed by atoms with van der Waals surface area (Å²) in [5, 5.41) is 16.4. The van der Waals surface area contributed by atoms with Crippen molar-refractivity contribution in [2.75, 3.05) is 11.9 Å². The third-order valence-electron chi connectivity index (χ3n) is 3.41. The van der Waals surface area contributed by atoms with Gasteiger partial charge in [-0.1, -0.05) is 0 Å². The van der Waals surface area contributed by atoms with Gasteiger partial charge in [-0.3, -0.25) is 9.78 Å². The van der Waals surface area contributed by atoms with Crippen molar-refractivity contribution in [1.29, 1.82) is 0 Å². The average Bonchev–Trinajstić information content (AvgIpc) is 3.15. The van der Waals surface area contributed by atoms with Crippen LogP contribution in [0, 0.1) is 6.92 Å². The molecule has 23 heavy (non-hydrogen) atoms. The lowest BCUT2D eigenvalue weighted by atomic mass is 10.2. The summed E-state index contributed by atoms with van der Waals surface area (Å²) in [7, 11) is 0. The molecule has 0 aliphatic heterocycles. The van der Waals surface area contributed by atoms with Gasteiger partial charge in [0.25, 0.3) is 5.91 Å². The van der Waals surface area contributed by atoms with Crippen LogP contribution in [0.2, 0.25) is 0 Å². The SMILES string of the molecule is Cc1occc1-c1cc(NC(=O)c2ccncc2)n(CCO)n1. The van der Waals surface area contributed by atoms with E-state index in [2.05, 4.69) is 15.4 Å². The molecule has 7 heteroatoms. The fourth-order valence-corrected chi connectivity index (χ4v) is 2.26. The van der Waals surface area contributed by atoms with Crippen LogP contribution in [0.15, 0.2) is 47.3 Å². The highest BCUT2D eigenvalue weighted by Gasteiger charge is 2.15. The highest BCUT2D eigenvalue weighted by molar-refractivity contribution is 6.03. The van der Waals surface area contributed by atoms with E-state index in [1.165, 1.54) is 0 Å². The predicted molar refractivity (Wildman–Crippen MR) is 83.9 cm³/mol. The molecule has 3 aromatic rings. The normalized spacial score (nSPS) is 10.7. The molecule has 3 rings (SSSR count). The minimum Gasteiger partial charge on any atom is -0.469 e. The standard InChI is InChI=1S/C16H16N4O3/c1-11-13(4-9-23-11)14-10-15(20(19-14)7-8-21)18-16(22)12-2-5-17-6-3-12/h2-6,9-10,21H,7-8H2,1H3,(H,18,22). The Kier molecular flexibility index (Phi) is 4.20. The first-order chi connectivity index (χ1) is 11.2. The second kappa shape index (κ2) is 6.45. The van der Waals surface area contributed by atoms with Crippen molar-refractivity contribution >= 4 is 11.7 Å². The maximum atomic E-state index is 12.3. The number of aliphatic hydroxyl groups excluding tert-OH is 1. The number of nitrogens with zero attached hydrogens (tertiary/aromatic N) is 3. The van der Waals surface area contributed by atoms with Crippen molar-refractivity contribution in [3.63, 3.8) is 0 Å². The van der Waals surface area contributed by atoms with E-state index in [4.69, 9.17) is 4.42 Å². The van der Waals surface area contributed by atoms with E-state index < -0.39 is 0 Å². The summed E-state index contributed by atoms with van der Waals surface area (Å²) in [5.74, 6) is 0.990. The summed E-state index contributed by atoms with van der Waals surface area (Å²) in [4.78, 5) is 16.2. The Morgan fingerprint density at radius 1 is 1.35 bits per heavy atom. The van der Waals surface area contributed by atoms with Gasteiger partial charge in [0.1, 0.15) is 11.6 Å². The first-order valence-corrected chi connectivity index (χ1v) is 7.13. The molecule has 0 aromatic carbocycles. The van der Waals surface area contributed by atoms with Gasteiger partial charge in [0.2, 0.25) is 0 Å². The fraction of sp³-hybridized carbons (Fsp3) is 0.188. The summed E-state index contributed by atoms with van der Waals surface area (Å²) in [6.07, 6.45) is 4.70. The van der Waals surface area contributed by atoms with Gasteiger partial charge >= 0.3 is 0 Å². The molecule has 3 aromatic heterocycles. The largest absolute Gasteiger partial charge is 0.469 e. The first kappa shape index (κ1) is 15.0. The third kappa shape index (κ3) is 3.14. The van der Waals surface area contributed by atoms with E-state index in [0.29, 0.717) is 17.1 Å². The molecule has 3 heterocycles. The van der Waals surface area contributed by atoms with E-state index in [-0.39, 0.29) is 19.1 Å². The van der Waals surface area contributed by atoms with Crippen LogP contribution in [0.1, 0.15) is 16.1 Å². The number of carbonyl (C=O) groups excluding carboxylic acids is 1. The van der Waals surface area contributed by atoms with Crippen LogP contribution in [0.4, 0.5) is 5.82 Å². The summed E-state index contributed by atoms with van der Waals surface area (Å²) < 4.78 is 6.84. The first-order valence-electron chi connectivity index (χ1n) is 7.13. The second-order valence-electron chi connectivity index (χ2n) is 4.94. The zero-order valence-corrected chi connectivity index (χ0v) is 12.6. The zero-order valence-electron chi connectivity index (χ0n) is 12.6. The highest BCUT2D eigenvalue weighted by atomic mass is 16.3. The average molecular weight is 312 g/mol. The Balaban J connectivity index is 1.90. The molecule has 0 radical (unpaired) electrons. The minimum atomic E-state index is -0.262. The van der Waals surface area contributed by atoms with Gasteiger partial charge in [0.05, 0.1) is 25.1 Å². The third-order valence-corrected chi connectivity index (χ3v) is 3.41. The molecule has 0 fully saturated rings. The number of aromatic nitrogens is 3. The Hall–Kier alpha value is -2.93. The van der Waals surface area contributed by atoms with Crippen LogP contribution in [-0.4, -0.2) is 32.4 Å². The lowest BCUT2D eigenvalue weighted by molar-refractivity contribution is 0.102. The maximum Gasteiger partial charge on any atom is 0.256 e. The van der Waals surface area contributed by atoms with Crippen molar-refractivity contribution in [3.05, 3.63) is 54.2 Å². The summed E-state index contributed by atoms with van der Waals surface area (Å²) in [6.45, 7) is 2.04. The van der Waals surface area contributed by atoms with Crippen LogP contribution >= 0.6 is 0 Å². The monoisotopic (exact) mass is 312 g/mol. The maximum absolute atomic E-state index is 12.3.